The number of hydrogen-bond donors (Lipinski definition) is 1. The molecule has 172 valence electrons. The topological polar surface area (TPSA) is 67.9 Å². The summed E-state index contributed by atoms with van der Waals surface area (Å²) in [5.41, 5.74) is 1.98. The Morgan fingerprint density at radius 3 is 2.50 bits per heavy atom. The summed E-state index contributed by atoms with van der Waals surface area (Å²) >= 11 is 0. The zero-order chi connectivity index (χ0) is 22.8. The summed E-state index contributed by atoms with van der Waals surface area (Å²) in [7, 11) is 1.63. The molecule has 1 fully saturated rings. The van der Waals surface area contributed by atoms with Gasteiger partial charge in [0.1, 0.15) is 11.8 Å². The molecule has 1 aliphatic rings. The van der Waals surface area contributed by atoms with E-state index in [1.165, 1.54) is 0 Å². The maximum atomic E-state index is 13.4. The van der Waals surface area contributed by atoms with Gasteiger partial charge in [0.25, 0.3) is 0 Å². The maximum absolute atomic E-state index is 13.4. The Labute approximate surface area is 190 Å². The molecular formula is C26H34N2O4. The minimum Gasteiger partial charge on any atom is -0.497 e. The zero-order valence-corrected chi connectivity index (χ0v) is 19.1. The molecule has 0 aromatic heterocycles. The lowest BCUT2D eigenvalue weighted by Crippen LogP contribution is -2.51. The Morgan fingerprint density at radius 1 is 1.12 bits per heavy atom. The molecule has 0 aliphatic carbocycles. The van der Waals surface area contributed by atoms with E-state index < -0.39 is 6.04 Å². The molecule has 1 saturated heterocycles. The quantitative estimate of drug-likeness (QED) is 0.581. The van der Waals surface area contributed by atoms with E-state index in [4.69, 9.17) is 9.47 Å². The van der Waals surface area contributed by atoms with Crippen molar-refractivity contribution in [1.82, 2.24) is 10.2 Å². The van der Waals surface area contributed by atoms with Crippen molar-refractivity contribution in [2.45, 2.75) is 57.7 Å². The van der Waals surface area contributed by atoms with Crippen LogP contribution in [0.3, 0.4) is 0 Å². The van der Waals surface area contributed by atoms with Crippen molar-refractivity contribution in [3.05, 3.63) is 65.7 Å². The van der Waals surface area contributed by atoms with E-state index in [0.29, 0.717) is 25.9 Å². The largest absolute Gasteiger partial charge is 0.497 e. The van der Waals surface area contributed by atoms with Gasteiger partial charge >= 0.3 is 0 Å². The van der Waals surface area contributed by atoms with Crippen LogP contribution in [-0.2, 0) is 27.3 Å². The summed E-state index contributed by atoms with van der Waals surface area (Å²) in [6.07, 6.45) is 3.62. The van der Waals surface area contributed by atoms with Crippen molar-refractivity contribution in [2.24, 2.45) is 0 Å². The Bertz CT molecular complexity index is 848. The molecule has 1 heterocycles. The molecule has 2 atom stereocenters. The van der Waals surface area contributed by atoms with Crippen LogP contribution in [0, 0.1) is 0 Å². The molecule has 1 aliphatic heterocycles. The molecule has 2 aromatic rings. The number of hydrogen-bond acceptors (Lipinski definition) is 4. The average Bonchev–Trinajstić information content (AvgIpc) is 3.35. The fourth-order valence-electron chi connectivity index (χ4n) is 3.98. The van der Waals surface area contributed by atoms with Crippen molar-refractivity contribution < 1.29 is 19.1 Å². The van der Waals surface area contributed by atoms with Gasteiger partial charge in [0.2, 0.25) is 11.8 Å². The Morgan fingerprint density at radius 2 is 1.88 bits per heavy atom. The number of carbonyl (C=O) groups is 2. The molecule has 0 saturated carbocycles. The highest BCUT2D eigenvalue weighted by molar-refractivity contribution is 5.88. The van der Waals surface area contributed by atoms with Crippen LogP contribution in [0.4, 0.5) is 0 Å². The van der Waals surface area contributed by atoms with Gasteiger partial charge in [0.15, 0.2) is 0 Å². The molecule has 32 heavy (non-hydrogen) atoms. The highest BCUT2D eigenvalue weighted by atomic mass is 16.5. The molecular weight excluding hydrogens is 404 g/mol. The molecule has 3 rings (SSSR count). The number of carbonyl (C=O) groups excluding carboxylic acids is 2. The smallest absolute Gasteiger partial charge is 0.243 e. The van der Waals surface area contributed by atoms with Gasteiger partial charge in [-0.3, -0.25) is 9.59 Å². The van der Waals surface area contributed by atoms with Crippen LogP contribution in [0.15, 0.2) is 54.6 Å². The van der Waals surface area contributed by atoms with Gasteiger partial charge in [-0.1, -0.05) is 49.4 Å². The summed E-state index contributed by atoms with van der Waals surface area (Å²) in [5, 5.41) is 3.05. The van der Waals surface area contributed by atoms with E-state index in [2.05, 4.69) is 5.32 Å². The second kappa shape index (κ2) is 12.2. The number of nitrogens with zero attached hydrogens (tertiary/aromatic N) is 1. The first-order valence-corrected chi connectivity index (χ1v) is 11.5. The van der Waals surface area contributed by atoms with Crippen LogP contribution < -0.4 is 10.1 Å². The normalized spacial score (nSPS) is 16.4. The summed E-state index contributed by atoms with van der Waals surface area (Å²) in [4.78, 5) is 28.3. The van der Waals surface area contributed by atoms with Crippen molar-refractivity contribution in [3.63, 3.8) is 0 Å². The molecule has 6 nitrogen and oxygen atoms in total. The number of amides is 2. The number of nitrogens with one attached hydrogen (secondary N) is 1. The minimum atomic E-state index is -0.597. The minimum absolute atomic E-state index is 0.0171. The van der Waals surface area contributed by atoms with Crippen LogP contribution in [0.2, 0.25) is 0 Å². The van der Waals surface area contributed by atoms with E-state index >= 15 is 0 Å². The SMILES string of the molecule is CCCC(=O)N(Cc1ccc(OC)cc1)[C@@H](Cc1ccccc1)C(=O)NC[C@@H]1CCCO1. The summed E-state index contributed by atoms with van der Waals surface area (Å²) in [5.74, 6) is 0.606. The predicted molar refractivity (Wildman–Crippen MR) is 124 cm³/mol. The molecule has 0 spiro atoms. The van der Waals surface area contributed by atoms with E-state index in [1.807, 2.05) is 61.5 Å². The second-order valence-corrected chi connectivity index (χ2v) is 8.21. The van der Waals surface area contributed by atoms with Gasteiger partial charge in [-0.05, 0) is 42.5 Å². The zero-order valence-electron chi connectivity index (χ0n) is 19.1. The predicted octanol–water partition coefficient (Wildman–Crippen LogP) is 3.73. The molecule has 1 N–H and O–H groups in total. The van der Waals surface area contributed by atoms with Crippen LogP contribution >= 0.6 is 0 Å². The van der Waals surface area contributed by atoms with Gasteiger partial charge < -0.3 is 19.7 Å². The lowest BCUT2D eigenvalue weighted by Gasteiger charge is -2.32. The fourth-order valence-corrected chi connectivity index (χ4v) is 3.98. The second-order valence-electron chi connectivity index (χ2n) is 8.21. The van der Waals surface area contributed by atoms with E-state index in [-0.39, 0.29) is 17.9 Å². The number of benzene rings is 2. The molecule has 0 unspecified atom stereocenters. The van der Waals surface area contributed by atoms with E-state index in [1.54, 1.807) is 12.0 Å². The summed E-state index contributed by atoms with van der Waals surface area (Å²) < 4.78 is 10.9. The first-order valence-electron chi connectivity index (χ1n) is 11.5. The third-order valence-corrected chi connectivity index (χ3v) is 5.77. The van der Waals surface area contributed by atoms with Crippen molar-refractivity contribution in [1.29, 1.82) is 0 Å². The highest BCUT2D eigenvalue weighted by Crippen LogP contribution is 2.19. The highest BCUT2D eigenvalue weighted by Gasteiger charge is 2.30. The van der Waals surface area contributed by atoms with E-state index in [0.717, 1.165) is 42.7 Å². The van der Waals surface area contributed by atoms with Gasteiger partial charge in [-0.15, -0.1) is 0 Å². The van der Waals surface area contributed by atoms with Gasteiger partial charge in [-0.2, -0.15) is 0 Å². The van der Waals surface area contributed by atoms with Gasteiger partial charge in [0, 0.05) is 32.5 Å². The standard InChI is InChI=1S/C26H34N2O4/c1-3-8-25(29)28(19-21-12-14-22(31-2)15-13-21)24(17-20-9-5-4-6-10-20)26(30)27-18-23-11-7-16-32-23/h4-6,9-10,12-15,23-24H,3,7-8,11,16-19H2,1-2H3,(H,27,30)/t23-,24-/m0/s1. The molecule has 0 radical (unpaired) electrons. The molecule has 2 aromatic carbocycles. The van der Waals surface area contributed by atoms with Crippen molar-refractivity contribution in [3.8, 4) is 5.75 Å². The third kappa shape index (κ3) is 6.82. The average molecular weight is 439 g/mol. The first-order chi connectivity index (χ1) is 15.6. The van der Waals surface area contributed by atoms with Crippen molar-refractivity contribution in [2.75, 3.05) is 20.3 Å². The Balaban J connectivity index is 1.83. The lowest BCUT2D eigenvalue weighted by atomic mass is 10.0. The van der Waals surface area contributed by atoms with E-state index in [9.17, 15) is 9.59 Å². The van der Waals surface area contributed by atoms with Crippen molar-refractivity contribution >= 4 is 11.8 Å². The summed E-state index contributed by atoms with van der Waals surface area (Å²) in [6, 6.07) is 16.9. The maximum Gasteiger partial charge on any atom is 0.243 e. The van der Waals surface area contributed by atoms with Crippen LogP contribution in [0.5, 0.6) is 5.75 Å². The molecule has 6 heteroatoms. The first kappa shape index (κ1) is 23.8. The lowest BCUT2D eigenvalue weighted by molar-refractivity contribution is -0.141. The monoisotopic (exact) mass is 438 g/mol. The van der Waals surface area contributed by atoms with Gasteiger partial charge in [-0.25, -0.2) is 0 Å². The summed E-state index contributed by atoms with van der Waals surface area (Å²) in [6.45, 7) is 3.57. The molecule has 2 amide bonds. The van der Waals surface area contributed by atoms with Gasteiger partial charge in [0.05, 0.1) is 13.2 Å². The number of methoxy groups -OCH3 is 1. The molecule has 0 bridgehead atoms. The Hall–Kier alpha value is -2.86. The third-order valence-electron chi connectivity index (χ3n) is 5.77. The number of rotatable bonds is 11. The van der Waals surface area contributed by atoms with Crippen LogP contribution in [0.25, 0.3) is 0 Å². The van der Waals surface area contributed by atoms with Crippen LogP contribution in [0.1, 0.15) is 43.7 Å². The fraction of sp³-hybridized carbons (Fsp3) is 0.462. The number of ether oxygens (including phenoxy) is 2. The Kier molecular flexibility index (Phi) is 9.11. The van der Waals surface area contributed by atoms with Crippen LogP contribution in [-0.4, -0.2) is 49.1 Å².